The first-order valence-electron chi connectivity index (χ1n) is 6.04. The minimum atomic E-state index is -3.24. The zero-order chi connectivity index (χ0) is 13.5. The van der Waals surface area contributed by atoms with Gasteiger partial charge in [-0.25, -0.2) is 12.7 Å². The zero-order valence-corrected chi connectivity index (χ0v) is 12.2. The van der Waals surface area contributed by atoms with E-state index >= 15 is 0 Å². The number of sulfonamides is 1. The van der Waals surface area contributed by atoms with Crippen LogP contribution in [0, 0.1) is 5.41 Å². The van der Waals surface area contributed by atoms with Crippen molar-refractivity contribution in [2.75, 3.05) is 38.6 Å². The van der Waals surface area contributed by atoms with Crippen molar-refractivity contribution in [3.05, 3.63) is 0 Å². The lowest BCUT2D eigenvalue weighted by Gasteiger charge is -2.30. The maximum atomic E-state index is 12.0. The number of nitrogens with two attached hydrogens (primary N) is 1. The van der Waals surface area contributed by atoms with Crippen molar-refractivity contribution in [1.29, 1.82) is 0 Å². The zero-order valence-electron chi connectivity index (χ0n) is 11.4. The summed E-state index contributed by atoms with van der Waals surface area (Å²) in [4.78, 5) is 0. The quantitative estimate of drug-likeness (QED) is 0.622. The van der Waals surface area contributed by atoms with Crippen molar-refractivity contribution in [3.63, 3.8) is 0 Å². The van der Waals surface area contributed by atoms with Crippen molar-refractivity contribution in [2.24, 2.45) is 11.1 Å². The predicted molar refractivity (Wildman–Crippen MR) is 70.4 cm³/mol. The molecule has 0 amide bonds. The Morgan fingerprint density at radius 2 is 1.88 bits per heavy atom. The maximum absolute atomic E-state index is 12.0. The van der Waals surface area contributed by atoms with Crippen LogP contribution >= 0.6 is 0 Å². The standard InChI is InChI=1S/C11H26N2O3S/c1-5-13(10-11(3,4)9-12)17(14,15)8-7-16-6-2/h5-10,12H2,1-4H3. The van der Waals surface area contributed by atoms with Gasteiger partial charge in [0.2, 0.25) is 10.0 Å². The average Bonchev–Trinajstić information content (AvgIpc) is 2.26. The Kier molecular flexibility index (Phi) is 7.23. The molecule has 0 aliphatic heterocycles. The Morgan fingerprint density at radius 3 is 2.29 bits per heavy atom. The molecule has 0 aromatic rings. The van der Waals surface area contributed by atoms with Crippen LogP contribution in [0.4, 0.5) is 0 Å². The SMILES string of the molecule is CCOCCS(=O)(=O)N(CC)CC(C)(C)CN. The van der Waals surface area contributed by atoms with Crippen LogP contribution in [0.2, 0.25) is 0 Å². The summed E-state index contributed by atoms with van der Waals surface area (Å²) in [6, 6.07) is 0. The van der Waals surface area contributed by atoms with Gasteiger partial charge in [-0.15, -0.1) is 0 Å². The summed E-state index contributed by atoms with van der Waals surface area (Å²) in [5.74, 6) is 0.0370. The summed E-state index contributed by atoms with van der Waals surface area (Å²) in [7, 11) is -3.24. The summed E-state index contributed by atoms with van der Waals surface area (Å²) in [5, 5.41) is 0. The van der Waals surface area contributed by atoms with E-state index in [0.717, 1.165) is 0 Å². The lowest BCUT2D eigenvalue weighted by molar-refractivity contribution is 0.162. The molecule has 0 spiro atoms. The third-order valence-electron chi connectivity index (χ3n) is 2.59. The molecule has 0 heterocycles. The highest BCUT2D eigenvalue weighted by molar-refractivity contribution is 7.89. The van der Waals surface area contributed by atoms with E-state index in [-0.39, 0.29) is 17.8 Å². The van der Waals surface area contributed by atoms with Crippen molar-refractivity contribution in [3.8, 4) is 0 Å². The summed E-state index contributed by atoms with van der Waals surface area (Å²) in [6.07, 6.45) is 0. The van der Waals surface area contributed by atoms with E-state index in [1.807, 2.05) is 27.7 Å². The minimum absolute atomic E-state index is 0.0370. The van der Waals surface area contributed by atoms with Gasteiger partial charge in [-0.05, 0) is 18.9 Å². The van der Waals surface area contributed by atoms with Gasteiger partial charge in [0.25, 0.3) is 0 Å². The first kappa shape index (κ1) is 16.8. The van der Waals surface area contributed by atoms with E-state index in [4.69, 9.17) is 10.5 Å². The summed E-state index contributed by atoms with van der Waals surface area (Å²) in [5.41, 5.74) is 5.43. The fourth-order valence-corrected chi connectivity index (χ4v) is 2.91. The molecule has 6 heteroatoms. The molecule has 0 bridgehead atoms. The van der Waals surface area contributed by atoms with Gasteiger partial charge in [-0.1, -0.05) is 20.8 Å². The van der Waals surface area contributed by atoms with Crippen LogP contribution in [-0.4, -0.2) is 51.3 Å². The molecule has 0 atom stereocenters. The van der Waals surface area contributed by atoms with Gasteiger partial charge in [0.1, 0.15) is 0 Å². The molecule has 104 valence electrons. The predicted octanol–water partition coefficient (Wildman–Crippen LogP) is 0.660. The molecule has 0 rings (SSSR count). The number of hydrogen-bond donors (Lipinski definition) is 1. The van der Waals surface area contributed by atoms with Crippen LogP contribution in [0.1, 0.15) is 27.7 Å². The van der Waals surface area contributed by atoms with Gasteiger partial charge >= 0.3 is 0 Å². The molecule has 17 heavy (non-hydrogen) atoms. The van der Waals surface area contributed by atoms with Gasteiger partial charge in [-0.3, -0.25) is 0 Å². The van der Waals surface area contributed by atoms with Gasteiger partial charge in [0, 0.05) is 19.7 Å². The molecule has 0 radical (unpaired) electrons. The van der Waals surface area contributed by atoms with Gasteiger partial charge in [0.05, 0.1) is 12.4 Å². The average molecular weight is 266 g/mol. The summed E-state index contributed by atoms with van der Waals surface area (Å²) < 4.78 is 30.6. The van der Waals surface area contributed by atoms with E-state index in [1.165, 1.54) is 4.31 Å². The molecule has 0 fully saturated rings. The van der Waals surface area contributed by atoms with E-state index in [2.05, 4.69) is 0 Å². The molecule has 0 aliphatic rings. The molecule has 0 aromatic carbocycles. The second-order valence-electron chi connectivity index (χ2n) is 4.81. The Labute approximate surface area is 105 Å². The van der Waals surface area contributed by atoms with Gasteiger partial charge in [-0.2, -0.15) is 0 Å². The van der Waals surface area contributed by atoms with E-state index in [0.29, 0.717) is 26.2 Å². The van der Waals surface area contributed by atoms with E-state index in [9.17, 15) is 8.42 Å². The molecule has 0 unspecified atom stereocenters. The third kappa shape index (κ3) is 6.35. The van der Waals surface area contributed by atoms with Crippen LogP contribution < -0.4 is 5.73 Å². The number of nitrogens with zero attached hydrogens (tertiary/aromatic N) is 1. The largest absolute Gasteiger partial charge is 0.381 e. The highest BCUT2D eigenvalue weighted by atomic mass is 32.2. The molecule has 5 nitrogen and oxygen atoms in total. The third-order valence-corrected chi connectivity index (χ3v) is 4.45. The molecule has 2 N–H and O–H groups in total. The Morgan fingerprint density at radius 1 is 1.29 bits per heavy atom. The fraction of sp³-hybridized carbons (Fsp3) is 1.00. The molecule has 0 aliphatic carbocycles. The van der Waals surface area contributed by atoms with Gasteiger partial charge in [0.15, 0.2) is 0 Å². The van der Waals surface area contributed by atoms with E-state index in [1.54, 1.807) is 0 Å². The van der Waals surface area contributed by atoms with E-state index < -0.39 is 10.0 Å². The second-order valence-corrected chi connectivity index (χ2v) is 6.90. The topological polar surface area (TPSA) is 72.6 Å². The van der Waals surface area contributed by atoms with Crippen LogP contribution in [0.5, 0.6) is 0 Å². The summed E-state index contributed by atoms with van der Waals surface area (Å²) in [6.45, 7) is 9.79. The monoisotopic (exact) mass is 266 g/mol. The number of hydrogen-bond acceptors (Lipinski definition) is 4. The van der Waals surface area contributed by atoms with Crippen molar-refractivity contribution in [2.45, 2.75) is 27.7 Å². The highest BCUT2D eigenvalue weighted by Crippen LogP contribution is 2.17. The fourth-order valence-electron chi connectivity index (χ4n) is 1.39. The second kappa shape index (κ2) is 7.31. The Bertz CT molecular complexity index is 302. The minimum Gasteiger partial charge on any atom is -0.381 e. The molecule has 0 saturated carbocycles. The highest BCUT2D eigenvalue weighted by Gasteiger charge is 2.27. The normalized spacial score (nSPS) is 13.3. The van der Waals surface area contributed by atoms with Crippen LogP contribution in [0.3, 0.4) is 0 Å². The van der Waals surface area contributed by atoms with Crippen molar-refractivity contribution >= 4 is 10.0 Å². The molecular formula is C11H26N2O3S. The first-order chi connectivity index (χ1) is 7.79. The van der Waals surface area contributed by atoms with Crippen LogP contribution in [0.15, 0.2) is 0 Å². The van der Waals surface area contributed by atoms with Crippen LogP contribution in [0.25, 0.3) is 0 Å². The lowest BCUT2D eigenvalue weighted by atomic mass is 9.94. The van der Waals surface area contributed by atoms with Crippen LogP contribution in [-0.2, 0) is 14.8 Å². The van der Waals surface area contributed by atoms with Crippen molar-refractivity contribution < 1.29 is 13.2 Å². The maximum Gasteiger partial charge on any atom is 0.216 e. The Hall–Kier alpha value is -0.170. The first-order valence-corrected chi connectivity index (χ1v) is 7.65. The number of rotatable bonds is 9. The summed E-state index contributed by atoms with van der Waals surface area (Å²) >= 11 is 0. The van der Waals surface area contributed by atoms with Gasteiger partial charge < -0.3 is 10.5 Å². The molecule has 0 aromatic heterocycles. The smallest absolute Gasteiger partial charge is 0.216 e. The molecule has 0 saturated heterocycles. The number of ether oxygens (including phenoxy) is 1. The molecular weight excluding hydrogens is 240 g/mol. The Balaban J connectivity index is 4.53. The lowest BCUT2D eigenvalue weighted by Crippen LogP contribution is -2.43. The van der Waals surface area contributed by atoms with Crippen molar-refractivity contribution in [1.82, 2.24) is 4.31 Å².